The highest BCUT2D eigenvalue weighted by Gasteiger charge is 2.33. The van der Waals surface area contributed by atoms with Crippen molar-refractivity contribution < 1.29 is 47.1 Å². The predicted molar refractivity (Wildman–Crippen MR) is 175 cm³/mol. The fourth-order valence-electron chi connectivity index (χ4n) is 4.62. The number of nitro benzene ring substituents is 1. The van der Waals surface area contributed by atoms with Gasteiger partial charge in [-0.15, -0.1) is 10.2 Å². The molecule has 2 amide bonds. The number of benzene rings is 2. The summed E-state index contributed by atoms with van der Waals surface area (Å²) in [6, 6.07) is 7.32. The summed E-state index contributed by atoms with van der Waals surface area (Å²) < 4.78 is 50.6. The molecule has 0 spiro atoms. The topological polar surface area (TPSA) is 174 Å². The van der Waals surface area contributed by atoms with Gasteiger partial charge in [-0.3, -0.25) is 14.9 Å². The van der Waals surface area contributed by atoms with Crippen LogP contribution in [0.2, 0.25) is 0 Å². The third-order valence-corrected chi connectivity index (χ3v) is 7.69. The molecule has 17 heteroatoms. The van der Waals surface area contributed by atoms with E-state index in [9.17, 15) is 42.8 Å². The Labute approximate surface area is 284 Å². The minimum absolute atomic E-state index is 0.00200. The number of alkyl halides is 3. The summed E-state index contributed by atoms with van der Waals surface area (Å²) in [5.74, 6) is -2.41. The normalized spacial score (nSPS) is 13.3. The third kappa shape index (κ3) is 11.1. The molecule has 2 atom stereocenters. The van der Waals surface area contributed by atoms with Crippen LogP contribution in [-0.2, 0) is 26.9 Å². The molecule has 3 aromatic rings. The van der Waals surface area contributed by atoms with E-state index in [1.54, 1.807) is 48.5 Å². The number of aliphatic carboxylic acids is 1. The largest absolute Gasteiger partial charge is 0.481 e. The van der Waals surface area contributed by atoms with Crippen LogP contribution in [-0.4, -0.2) is 62.2 Å². The Balaban J connectivity index is 2.06. The maximum Gasteiger partial charge on any atom is 0.416 e. The van der Waals surface area contributed by atoms with Crippen LogP contribution in [0.15, 0.2) is 42.5 Å². The molecule has 0 aliphatic rings. The summed E-state index contributed by atoms with van der Waals surface area (Å²) in [5, 5.41) is 32.5. The lowest BCUT2D eigenvalue weighted by atomic mass is 9.93. The van der Waals surface area contributed by atoms with Gasteiger partial charge in [0.15, 0.2) is 0 Å². The van der Waals surface area contributed by atoms with Gasteiger partial charge in [-0.1, -0.05) is 30.4 Å². The van der Waals surface area contributed by atoms with Crippen molar-refractivity contribution in [1.29, 1.82) is 0 Å². The number of aromatic nitrogens is 2. The van der Waals surface area contributed by atoms with Crippen molar-refractivity contribution in [2.24, 2.45) is 0 Å². The molecule has 1 heterocycles. The number of amides is 2. The summed E-state index contributed by atoms with van der Waals surface area (Å²) in [6.45, 7) is 11.2. The van der Waals surface area contributed by atoms with Crippen molar-refractivity contribution in [1.82, 2.24) is 15.5 Å². The first-order chi connectivity index (χ1) is 22.6. The SMILES string of the molecule is CCC(C(=O)O)c1cc(-c2nnc(N(C[C@H](Cc3ccc(C(F)(F)F)cc3)NC(=O)OC(C)(C)C)C(=O)OC(C)(C)C)s2)ccc1[N+](=O)[O-]. The van der Waals surface area contributed by atoms with Crippen LogP contribution in [0.1, 0.15) is 77.5 Å². The van der Waals surface area contributed by atoms with Crippen molar-refractivity contribution in [2.75, 3.05) is 11.4 Å². The minimum Gasteiger partial charge on any atom is -0.481 e. The molecule has 49 heavy (non-hydrogen) atoms. The lowest BCUT2D eigenvalue weighted by molar-refractivity contribution is -0.385. The van der Waals surface area contributed by atoms with Crippen molar-refractivity contribution in [3.8, 4) is 10.6 Å². The Morgan fingerprint density at radius 3 is 2.12 bits per heavy atom. The second-order valence-electron chi connectivity index (χ2n) is 13.1. The number of rotatable bonds is 11. The third-order valence-electron chi connectivity index (χ3n) is 6.70. The van der Waals surface area contributed by atoms with Gasteiger partial charge < -0.3 is 19.9 Å². The lowest BCUT2D eigenvalue weighted by Crippen LogP contribution is -2.49. The number of hydrogen-bond acceptors (Lipinski definition) is 10. The highest BCUT2D eigenvalue weighted by atomic mass is 32.1. The zero-order valence-corrected chi connectivity index (χ0v) is 28.8. The molecule has 0 aliphatic carbocycles. The van der Waals surface area contributed by atoms with Crippen molar-refractivity contribution >= 4 is 40.3 Å². The fraction of sp³-hybridized carbons (Fsp3) is 0.469. The number of anilines is 1. The number of carbonyl (C=O) groups is 3. The Kier molecular flexibility index (Phi) is 12.0. The zero-order valence-electron chi connectivity index (χ0n) is 28.0. The fourth-order valence-corrected chi connectivity index (χ4v) is 5.46. The van der Waals surface area contributed by atoms with E-state index in [2.05, 4.69) is 15.5 Å². The maximum absolute atomic E-state index is 13.6. The molecule has 266 valence electrons. The number of nitrogens with zero attached hydrogens (tertiary/aromatic N) is 4. The van der Waals surface area contributed by atoms with Gasteiger partial charge in [0, 0.05) is 17.2 Å². The van der Waals surface area contributed by atoms with Crippen molar-refractivity contribution in [3.63, 3.8) is 0 Å². The van der Waals surface area contributed by atoms with Crippen LogP contribution in [0.3, 0.4) is 0 Å². The van der Waals surface area contributed by atoms with E-state index in [0.717, 1.165) is 28.4 Å². The van der Waals surface area contributed by atoms with Gasteiger partial charge in [-0.05, 0) is 84.2 Å². The number of carboxylic acids is 1. The summed E-state index contributed by atoms with van der Waals surface area (Å²) in [7, 11) is 0. The molecular formula is C32H38F3N5O8S. The molecule has 0 fully saturated rings. The number of carbonyl (C=O) groups excluding carboxylic acids is 2. The first-order valence-corrected chi connectivity index (χ1v) is 15.9. The Bertz CT molecular complexity index is 1670. The highest BCUT2D eigenvalue weighted by Crippen LogP contribution is 2.36. The molecule has 0 saturated heterocycles. The van der Waals surface area contributed by atoms with E-state index in [4.69, 9.17) is 9.47 Å². The zero-order chi connectivity index (χ0) is 36.9. The summed E-state index contributed by atoms with van der Waals surface area (Å²) >= 11 is 0.898. The van der Waals surface area contributed by atoms with E-state index in [1.807, 2.05) is 0 Å². The smallest absolute Gasteiger partial charge is 0.416 e. The molecule has 0 aliphatic heterocycles. The molecule has 1 aromatic heterocycles. The molecule has 13 nitrogen and oxygen atoms in total. The lowest BCUT2D eigenvalue weighted by Gasteiger charge is -2.29. The number of ether oxygens (including phenoxy) is 2. The van der Waals surface area contributed by atoms with Crippen molar-refractivity contribution in [3.05, 3.63) is 69.3 Å². The monoisotopic (exact) mass is 709 g/mol. The van der Waals surface area contributed by atoms with Crippen LogP contribution in [0.4, 0.5) is 33.6 Å². The Hall–Kier alpha value is -4.80. The van der Waals surface area contributed by atoms with Gasteiger partial charge in [-0.25, -0.2) is 14.5 Å². The van der Waals surface area contributed by atoms with Gasteiger partial charge >= 0.3 is 24.3 Å². The second-order valence-corrected chi connectivity index (χ2v) is 14.0. The van der Waals surface area contributed by atoms with Gasteiger partial charge in [0.25, 0.3) is 5.69 Å². The summed E-state index contributed by atoms with van der Waals surface area (Å²) in [5.41, 5.74) is -2.39. The molecule has 3 rings (SSSR count). The van der Waals surface area contributed by atoms with Crippen LogP contribution in [0.25, 0.3) is 10.6 Å². The first kappa shape index (κ1) is 38.6. The van der Waals surface area contributed by atoms with Crippen molar-refractivity contribution in [2.45, 2.75) is 90.6 Å². The van der Waals surface area contributed by atoms with Gasteiger partial charge in [0.05, 0.1) is 29.0 Å². The van der Waals surface area contributed by atoms with E-state index in [0.29, 0.717) is 11.1 Å². The Morgan fingerprint density at radius 1 is 1.00 bits per heavy atom. The summed E-state index contributed by atoms with van der Waals surface area (Å²) in [6.07, 6.45) is -6.21. The quantitative estimate of drug-likeness (QED) is 0.149. The first-order valence-electron chi connectivity index (χ1n) is 15.1. The standard InChI is InChI=1S/C32H38F3N5O8S/c1-8-22(26(41)42)23-16-19(11-14-24(23)40(45)46)25-37-38-27(49-25)39(29(44)48-31(5,6)7)17-21(36-28(43)47-30(2,3)4)15-18-9-12-20(13-10-18)32(33,34)35/h9-14,16,21-22H,8,15,17H2,1-7H3,(H,36,43)(H,41,42)/t21-,22?/m0/s1. The van der Waals surface area contributed by atoms with Crippen LogP contribution in [0, 0.1) is 10.1 Å². The molecular weight excluding hydrogens is 671 g/mol. The van der Waals surface area contributed by atoms with Gasteiger partial charge in [0.2, 0.25) is 5.13 Å². The number of carboxylic acid groups (broad SMARTS) is 1. The average Bonchev–Trinajstić information content (AvgIpc) is 3.43. The number of halogens is 3. The van der Waals surface area contributed by atoms with E-state index in [-0.39, 0.29) is 40.8 Å². The van der Waals surface area contributed by atoms with Gasteiger partial charge in [-0.2, -0.15) is 13.2 Å². The molecule has 0 saturated carbocycles. The average molecular weight is 710 g/mol. The predicted octanol–water partition coefficient (Wildman–Crippen LogP) is 7.59. The highest BCUT2D eigenvalue weighted by molar-refractivity contribution is 7.18. The number of nitrogens with one attached hydrogen (secondary N) is 1. The summed E-state index contributed by atoms with van der Waals surface area (Å²) in [4.78, 5) is 50.4. The number of alkyl carbamates (subject to hydrolysis) is 1. The molecule has 2 N–H and O–H groups in total. The van der Waals surface area contributed by atoms with Gasteiger partial charge in [0.1, 0.15) is 16.2 Å². The molecule has 0 radical (unpaired) electrons. The van der Waals surface area contributed by atoms with Crippen LogP contribution in [0.5, 0.6) is 0 Å². The molecule has 0 bridgehead atoms. The second kappa shape index (κ2) is 15.2. The Morgan fingerprint density at radius 2 is 1.61 bits per heavy atom. The van der Waals surface area contributed by atoms with E-state index >= 15 is 0 Å². The van der Waals surface area contributed by atoms with Crippen LogP contribution < -0.4 is 10.2 Å². The maximum atomic E-state index is 13.6. The minimum atomic E-state index is -4.55. The van der Waals surface area contributed by atoms with E-state index < -0.39 is 58.0 Å². The number of nitro groups is 1. The van der Waals surface area contributed by atoms with E-state index in [1.165, 1.54) is 30.3 Å². The van der Waals surface area contributed by atoms with Crippen LogP contribution >= 0.6 is 11.3 Å². The molecule has 1 unspecified atom stereocenters. The molecule has 2 aromatic carbocycles. The number of hydrogen-bond donors (Lipinski definition) is 2.